The zero-order valence-corrected chi connectivity index (χ0v) is 17.7. The van der Waals surface area contributed by atoms with E-state index in [9.17, 15) is 0 Å². The molecule has 5 N–H and O–H groups in total. The second-order valence-electron chi connectivity index (χ2n) is 5.70. The Bertz CT molecular complexity index is 661. The summed E-state index contributed by atoms with van der Waals surface area (Å²) in [5.41, 5.74) is 7.52. The number of nitriles is 1. The maximum absolute atomic E-state index is 9.06. The lowest BCUT2D eigenvalue weighted by molar-refractivity contribution is -0.127. The standard InChI is InChI=1S/C11H14N4O2.C3H8O2.2C2H6.CHN/c12-11-9-3-2-8(15(9)14-6-13-11)10-4-1-7(5-16)17-10;1-3(2,4)5;3*1-2/h2-3,6-7,10,16H,1,4-5H2,(H2,12,13,14);4-5H,1-2H3;2*1-2H3;1H. The fourth-order valence-electron chi connectivity index (χ4n) is 2.27. The summed E-state index contributed by atoms with van der Waals surface area (Å²) in [5.74, 6) is -1.04. The van der Waals surface area contributed by atoms with Gasteiger partial charge in [-0.1, -0.05) is 27.7 Å². The van der Waals surface area contributed by atoms with E-state index in [1.165, 1.54) is 20.2 Å². The molecule has 0 aromatic carbocycles. The molecule has 160 valence electrons. The Morgan fingerprint density at radius 3 is 2.21 bits per heavy atom. The van der Waals surface area contributed by atoms with Crippen molar-refractivity contribution in [2.24, 2.45) is 0 Å². The van der Waals surface area contributed by atoms with Crippen LogP contribution in [-0.2, 0) is 4.74 Å². The highest BCUT2D eigenvalue weighted by atomic mass is 16.5. The van der Waals surface area contributed by atoms with Gasteiger partial charge in [0.2, 0.25) is 0 Å². The molecule has 1 saturated heterocycles. The van der Waals surface area contributed by atoms with E-state index in [1.807, 2.05) is 39.8 Å². The lowest BCUT2D eigenvalue weighted by Gasteiger charge is -2.11. The van der Waals surface area contributed by atoms with Crippen molar-refractivity contribution in [3.63, 3.8) is 0 Å². The molecule has 0 radical (unpaired) electrons. The van der Waals surface area contributed by atoms with Crippen molar-refractivity contribution in [1.82, 2.24) is 14.6 Å². The smallest absolute Gasteiger partial charge is 0.156 e. The first-order valence-electron chi connectivity index (χ1n) is 9.34. The van der Waals surface area contributed by atoms with Gasteiger partial charge in [0, 0.05) is 6.57 Å². The zero-order valence-electron chi connectivity index (χ0n) is 17.7. The second-order valence-corrected chi connectivity index (χ2v) is 5.70. The molecule has 0 amide bonds. The molecule has 2 atom stereocenters. The monoisotopic (exact) mass is 397 g/mol. The molecule has 3 heterocycles. The molecule has 2 aromatic heterocycles. The summed E-state index contributed by atoms with van der Waals surface area (Å²) in [6.07, 6.45) is 3.11. The minimum Gasteiger partial charge on any atom is -0.394 e. The molecule has 2 unspecified atom stereocenters. The normalized spacial score (nSPS) is 17.5. The number of aromatic nitrogens is 3. The Kier molecular flexibility index (Phi) is 14.7. The van der Waals surface area contributed by atoms with Gasteiger partial charge in [0.1, 0.15) is 17.9 Å². The predicted octanol–water partition coefficient (Wildman–Crippen LogP) is 2.42. The predicted molar refractivity (Wildman–Crippen MR) is 109 cm³/mol. The van der Waals surface area contributed by atoms with Crippen molar-refractivity contribution in [3.8, 4) is 6.57 Å². The number of aliphatic hydroxyl groups excluding tert-OH is 1. The first-order chi connectivity index (χ1) is 13.3. The summed E-state index contributed by atoms with van der Waals surface area (Å²) in [6.45, 7) is 14.2. The molecule has 1 aliphatic heterocycles. The third-order valence-corrected chi connectivity index (χ3v) is 3.15. The number of hydrogen-bond acceptors (Lipinski definition) is 8. The van der Waals surface area contributed by atoms with Gasteiger partial charge < -0.3 is 25.8 Å². The molecule has 1 aliphatic rings. The van der Waals surface area contributed by atoms with E-state index in [0.717, 1.165) is 24.1 Å². The molecular weight excluding hydrogens is 362 g/mol. The molecule has 9 heteroatoms. The number of anilines is 1. The van der Waals surface area contributed by atoms with E-state index < -0.39 is 5.79 Å². The molecule has 1 fully saturated rings. The number of nitrogens with two attached hydrogens (primary N) is 1. The Morgan fingerprint density at radius 2 is 1.75 bits per heavy atom. The Morgan fingerprint density at radius 1 is 1.21 bits per heavy atom. The molecule has 3 rings (SSSR count). The van der Waals surface area contributed by atoms with E-state index in [1.54, 1.807) is 4.52 Å². The number of ether oxygens (including phenoxy) is 1. The van der Waals surface area contributed by atoms with Crippen LogP contribution in [0.15, 0.2) is 18.5 Å². The van der Waals surface area contributed by atoms with E-state index in [2.05, 4.69) is 16.7 Å². The Balaban J connectivity index is 0. The van der Waals surface area contributed by atoms with Gasteiger partial charge in [0.05, 0.1) is 18.4 Å². The van der Waals surface area contributed by atoms with Crippen LogP contribution in [0.3, 0.4) is 0 Å². The molecule has 9 nitrogen and oxygen atoms in total. The summed E-state index contributed by atoms with van der Waals surface area (Å²) < 4.78 is 7.49. The van der Waals surface area contributed by atoms with Crippen LogP contribution in [0, 0.1) is 11.8 Å². The van der Waals surface area contributed by atoms with Gasteiger partial charge in [-0.05, 0) is 38.8 Å². The van der Waals surface area contributed by atoms with Gasteiger partial charge in [0.25, 0.3) is 0 Å². The molecular formula is C19H35N5O4. The number of fused-ring (bicyclic) bond motifs is 1. The fourth-order valence-corrected chi connectivity index (χ4v) is 2.27. The van der Waals surface area contributed by atoms with Crippen LogP contribution in [0.4, 0.5) is 5.82 Å². The van der Waals surface area contributed by atoms with Crippen LogP contribution >= 0.6 is 0 Å². The average molecular weight is 398 g/mol. The summed E-state index contributed by atoms with van der Waals surface area (Å²) in [4.78, 5) is 3.94. The Hall–Kier alpha value is -2.25. The second kappa shape index (κ2) is 14.8. The van der Waals surface area contributed by atoms with Crippen LogP contribution in [0.1, 0.15) is 66.2 Å². The van der Waals surface area contributed by atoms with Crippen LogP contribution < -0.4 is 5.73 Å². The maximum Gasteiger partial charge on any atom is 0.156 e. The van der Waals surface area contributed by atoms with E-state index in [-0.39, 0.29) is 18.8 Å². The van der Waals surface area contributed by atoms with Crippen molar-refractivity contribution >= 4 is 11.3 Å². The van der Waals surface area contributed by atoms with Crippen molar-refractivity contribution in [3.05, 3.63) is 24.2 Å². The topological polar surface area (TPSA) is 150 Å². The fraction of sp³-hybridized carbons (Fsp3) is 0.632. The SMILES string of the molecule is C#N.CC.CC.CC(C)(O)O.Nc1ncnn2c(C3CCC(CO)O3)ccc12. The Labute approximate surface area is 167 Å². The third kappa shape index (κ3) is 9.62. The van der Waals surface area contributed by atoms with Gasteiger partial charge in [0.15, 0.2) is 11.6 Å². The zero-order chi connectivity index (χ0) is 22.3. The van der Waals surface area contributed by atoms with Crippen LogP contribution in [0.25, 0.3) is 5.52 Å². The average Bonchev–Trinajstić information content (AvgIpc) is 3.32. The van der Waals surface area contributed by atoms with Crippen LogP contribution in [0.5, 0.6) is 0 Å². The summed E-state index contributed by atoms with van der Waals surface area (Å²) >= 11 is 0. The molecule has 0 aliphatic carbocycles. The highest BCUT2D eigenvalue weighted by molar-refractivity contribution is 5.65. The maximum atomic E-state index is 9.06. The van der Waals surface area contributed by atoms with Gasteiger partial charge in [-0.15, -0.1) is 0 Å². The van der Waals surface area contributed by atoms with Gasteiger partial charge in [-0.2, -0.15) is 5.10 Å². The molecule has 2 aromatic rings. The number of nitrogen functional groups attached to an aromatic ring is 1. The van der Waals surface area contributed by atoms with E-state index in [4.69, 9.17) is 31.1 Å². The highest BCUT2D eigenvalue weighted by Gasteiger charge is 2.28. The van der Waals surface area contributed by atoms with Crippen molar-refractivity contribution in [2.75, 3.05) is 12.3 Å². The van der Waals surface area contributed by atoms with Gasteiger partial charge in [-0.3, -0.25) is 0 Å². The van der Waals surface area contributed by atoms with Gasteiger partial charge >= 0.3 is 0 Å². The highest BCUT2D eigenvalue weighted by Crippen LogP contribution is 2.33. The molecule has 28 heavy (non-hydrogen) atoms. The van der Waals surface area contributed by atoms with Crippen LogP contribution in [-0.4, -0.2) is 48.4 Å². The van der Waals surface area contributed by atoms with Gasteiger partial charge in [-0.25, -0.2) is 14.8 Å². The largest absolute Gasteiger partial charge is 0.394 e. The summed E-state index contributed by atoms with van der Waals surface area (Å²) in [5, 5.41) is 35.9. The quantitative estimate of drug-likeness (QED) is 0.564. The summed E-state index contributed by atoms with van der Waals surface area (Å²) in [6, 6.07) is 3.84. The minimum atomic E-state index is -1.50. The first kappa shape index (κ1) is 28.0. The molecule has 0 spiro atoms. The number of nitrogens with zero attached hydrogens (tertiary/aromatic N) is 4. The third-order valence-electron chi connectivity index (χ3n) is 3.15. The minimum absolute atomic E-state index is 0.0241. The van der Waals surface area contributed by atoms with Crippen molar-refractivity contribution in [1.29, 1.82) is 5.26 Å². The number of aliphatic hydroxyl groups is 3. The lowest BCUT2D eigenvalue weighted by Crippen LogP contribution is -2.15. The van der Waals surface area contributed by atoms with Crippen molar-refractivity contribution < 1.29 is 20.1 Å². The van der Waals surface area contributed by atoms with E-state index in [0.29, 0.717) is 5.82 Å². The number of hydrogen-bond donors (Lipinski definition) is 4. The number of rotatable bonds is 2. The summed E-state index contributed by atoms with van der Waals surface area (Å²) in [7, 11) is 0. The van der Waals surface area contributed by atoms with Crippen molar-refractivity contribution in [2.45, 2.75) is 72.4 Å². The lowest BCUT2D eigenvalue weighted by atomic mass is 10.1. The van der Waals surface area contributed by atoms with Crippen LogP contribution in [0.2, 0.25) is 0 Å². The first-order valence-corrected chi connectivity index (χ1v) is 9.34. The molecule has 0 bridgehead atoms. The molecule has 0 saturated carbocycles. The van der Waals surface area contributed by atoms with E-state index >= 15 is 0 Å².